The summed E-state index contributed by atoms with van der Waals surface area (Å²) in [5.41, 5.74) is 10.7. The summed E-state index contributed by atoms with van der Waals surface area (Å²) in [7, 11) is 0. The Morgan fingerprint density at radius 2 is 1.10 bits per heavy atom. The maximum Gasteiger partial charge on any atom is 0.225 e. The Morgan fingerprint density at radius 3 is 1.52 bits per heavy atom. The van der Waals surface area contributed by atoms with Crippen molar-refractivity contribution in [2.24, 2.45) is 11.8 Å². The third-order valence-electron chi connectivity index (χ3n) is 14.8. The van der Waals surface area contributed by atoms with E-state index in [-0.39, 0.29) is 40.1 Å². The number of halogens is 1. The fraction of sp³-hybridized carbons (Fsp3) is 0.556. The molecule has 2 aromatic carbocycles. The number of hydrogen-bond donors (Lipinski definition) is 1. The number of benzene rings is 2. The summed E-state index contributed by atoms with van der Waals surface area (Å²) in [6.45, 7) is 16.9. The Balaban J connectivity index is 0.000000148. The predicted octanol–water partition coefficient (Wildman–Crippen LogP) is 4.98. The predicted molar refractivity (Wildman–Crippen MR) is 271 cm³/mol. The Kier molecular flexibility index (Phi) is 15.5. The molecule has 12 rings (SSSR count). The number of aryl methyl sites for hydroxylation is 2. The zero-order valence-corrected chi connectivity index (χ0v) is 41.9. The number of pyridine rings is 2. The molecule has 2 saturated carbocycles. The molecule has 4 saturated heterocycles. The number of amides is 1. The SMILES string of the molecule is Cc1c2n(c(OC[C@@H]3COCCO3)cc1=O)CCc1cc(N3CCN(C(=O)C4CC4)CC3)ccc1-2.Cc1c2n(c(OC[C@@H]3COCCO3)cc1=O)CCc1cc(N3CCNCC3)ccc1-2.O=C(Cl)C1CC1. The molecule has 16 nitrogen and oxygen atoms in total. The molecule has 71 heavy (non-hydrogen) atoms. The summed E-state index contributed by atoms with van der Waals surface area (Å²) in [6.07, 6.45) is 5.73. The first-order valence-corrected chi connectivity index (χ1v) is 26.1. The monoisotopic (exact) mass is 994 g/mol. The molecule has 380 valence electrons. The fourth-order valence-electron chi connectivity index (χ4n) is 10.4. The number of nitrogens with zero attached hydrogens (tertiary/aromatic N) is 5. The zero-order chi connectivity index (χ0) is 49.0. The van der Waals surface area contributed by atoms with Crippen molar-refractivity contribution in [3.63, 3.8) is 0 Å². The summed E-state index contributed by atoms with van der Waals surface area (Å²) in [4.78, 5) is 54.8. The van der Waals surface area contributed by atoms with Crippen LogP contribution in [0.25, 0.3) is 22.5 Å². The molecule has 4 aromatic rings. The van der Waals surface area contributed by atoms with Gasteiger partial charge in [0.1, 0.15) is 25.4 Å². The Morgan fingerprint density at radius 1 is 0.620 bits per heavy atom. The van der Waals surface area contributed by atoms with Crippen LogP contribution in [0.5, 0.6) is 11.8 Å². The van der Waals surface area contributed by atoms with Crippen LogP contribution in [0.1, 0.15) is 47.9 Å². The summed E-state index contributed by atoms with van der Waals surface area (Å²) in [5.74, 6) is 2.07. The molecule has 2 atom stereocenters. The Hall–Kier alpha value is -5.23. The summed E-state index contributed by atoms with van der Waals surface area (Å²) in [5, 5.41) is 3.25. The molecule has 8 heterocycles. The van der Waals surface area contributed by atoms with Gasteiger partial charge in [-0.1, -0.05) is 12.1 Å². The summed E-state index contributed by atoms with van der Waals surface area (Å²) < 4.78 is 38.7. The minimum atomic E-state index is -0.157. The third kappa shape index (κ3) is 11.5. The smallest absolute Gasteiger partial charge is 0.225 e. The lowest BCUT2D eigenvalue weighted by Crippen LogP contribution is -2.49. The number of anilines is 2. The maximum absolute atomic E-state index is 12.8. The number of fused-ring (bicyclic) bond motifs is 6. The van der Waals surface area contributed by atoms with Gasteiger partial charge in [0.2, 0.25) is 11.1 Å². The number of hydrogen-bond acceptors (Lipinski definition) is 13. The molecule has 0 bridgehead atoms. The number of piperazine rings is 2. The average Bonchev–Trinajstić information content (AvgIpc) is 4.36. The third-order valence-corrected chi connectivity index (χ3v) is 15.1. The lowest BCUT2D eigenvalue weighted by atomic mass is 9.93. The van der Waals surface area contributed by atoms with Crippen LogP contribution in [0, 0.1) is 25.7 Å². The van der Waals surface area contributed by atoms with Gasteiger partial charge in [0.05, 0.1) is 51.0 Å². The Bertz CT molecular complexity index is 2690. The van der Waals surface area contributed by atoms with Crippen molar-refractivity contribution >= 4 is 34.1 Å². The minimum absolute atomic E-state index is 0.0103. The second-order valence-corrected chi connectivity index (χ2v) is 20.2. The number of rotatable bonds is 10. The van der Waals surface area contributed by atoms with Crippen molar-refractivity contribution in [2.45, 2.75) is 77.7 Å². The highest BCUT2D eigenvalue weighted by atomic mass is 35.5. The van der Waals surface area contributed by atoms with E-state index in [1.807, 2.05) is 18.7 Å². The van der Waals surface area contributed by atoms with Gasteiger partial charge in [0.15, 0.2) is 22.6 Å². The van der Waals surface area contributed by atoms with E-state index < -0.39 is 0 Å². The molecule has 8 aliphatic rings. The number of nitrogens with one attached hydrogen (secondary N) is 1. The van der Waals surface area contributed by atoms with E-state index in [0.717, 1.165) is 138 Å². The van der Waals surface area contributed by atoms with Crippen molar-refractivity contribution in [3.8, 4) is 34.3 Å². The van der Waals surface area contributed by atoms with Crippen LogP contribution >= 0.6 is 11.6 Å². The normalized spacial score (nSPS) is 21.5. The maximum atomic E-state index is 12.8. The van der Waals surface area contributed by atoms with Gasteiger partial charge in [-0.25, -0.2) is 0 Å². The molecule has 0 spiro atoms. The molecule has 6 fully saturated rings. The van der Waals surface area contributed by atoms with Gasteiger partial charge < -0.3 is 57.6 Å². The van der Waals surface area contributed by atoms with Crippen molar-refractivity contribution in [2.75, 3.05) is 115 Å². The van der Waals surface area contributed by atoms with Gasteiger partial charge in [0.25, 0.3) is 0 Å². The highest BCUT2D eigenvalue weighted by Gasteiger charge is 2.35. The lowest BCUT2D eigenvalue weighted by molar-refractivity contribution is -0.132. The van der Waals surface area contributed by atoms with Crippen LogP contribution in [0.2, 0.25) is 0 Å². The highest BCUT2D eigenvalue weighted by Crippen LogP contribution is 2.38. The van der Waals surface area contributed by atoms with Crippen LogP contribution < -0.4 is 35.4 Å². The first-order valence-electron chi connectivity index (χ1n) is 25.7. The number of carbonyl (C=O) groups is 2. The van der Waals surface area contributed by atoms with Gasteiger partial charge in [-0.2, -0.15) is 0 Å². The van der Waals surface area contributed by atoms with Crippen LogP contribution in [0.4, 0.5) is 11.4 Å². The summed E-state index contributed by atoms with van der Waals surface area (Å²) >= 11 is 5.04. The van der Waals surface area contributed by atoms with Crippen molar-refractivity contribution in [1.29, 1.82) is 0 Å². The lowest BCUT2D eigenvalue weighted by Gasteiger charge is -2.37. The second kappa shape index (κ2) is 22.3. The van der Waals surface area contributed by atoms with Gasteiger partial charge in [0, 0.05) is 123 Å². The molecule has 17 heteroatoms. The van der Waals surface area contributed by atoms with E-state index in [2.05, 4.69) is 60.6 Å². The second-order valence-electron chi connectivity index (χ2n) is 19.8. The number of ether oxygens (including phenoxy) is 6. The molecule has 0 unspecified atom stereocenters. The zero-order valence-electron chi connectivity index (χ0n) is 41.1. The molecule has 2 aromatic heterocycles. The highest BCUT2D eigenvalue weighted by molar-refractivity contribution is 6.64. The molecule has 1 amide bonds. The van der Waals surface area contributed by atoms with Gasteiger partial charge in [-0.3, -0.25) is 19.2 Å². The average molecular weight is 996 g/mol. The van der Waals surface area contributed by atoms with Crippen molar-refractivity contribution < 1.29 is 38.0 Å². The standard InChI is InChI=1S/C27H33N3O5.C23H29N3O4.C4H5ClO/c1-18-24(31)15-25(35-17-22-16-33-12-13-34-22)30-7-6-20-14-21(4-5-23(20)26(18)30)28-8-10-29(11-9-28)27(32)19-2-3-19;1-16-21(27)13-22(30-15-19-14-28-10-11-29-19)26-7-4-17-12-18(2-3-20(17)23(16)26)25-8-5-24-6-9-25;5-4(6)3-1-2-3/h4-5,14-15,19,22H,2-3,6-13,16-17H2,1H3;2-3,12-13,19,24H,4-11,14-15H2,1H3;3H,1-2H2/t22-;19-;/m00./s1. The largest absolute Gasteiger partial charge is 0.476 e. The molecule has 2 aliphatic carbocycles. The van der Waals surface area contributed by atoms with Crippen LogP contribution in [0.3, 0.4) is 0 Å². The van der Waals surface area contributed by atoms with E-state index in [0.29, 0.717) is 70.5 Å². The van der Waals surface area contributed by atoms with E-state index in [4.69, 9.17) is 40.0 Å². The topological polar surface area (TPSA) is 155 Å². The van der Waals surface area contributed by atoms with E-state index in [9.17, 15) is 19.2 Å². The van der Waals surface area contributed by atoms with Crippen LogP contribution in [0.15, 0.2) is 58.1 Å². The van der Waals surface area contributed by atoms with E-state index in [1.165, 1.54) is 22.5 Å². The molecule has 6 aliphatic heterocycles. The Labute approximate surface area is 420 Å². The van der Waals surface area contributed by atoms with E-state index >= 15 is 0 Å². The fourth-order valence-corrected chi connectivity index (χ4v) is 10.6. The molecular formula is C54H67ClN6O10. The number of carbonyl (C=O) groups excluding carboxylic acids is 2. The summed E-state index contributed by atoms with van der Waals surface area (Å²) in [6, 6.07) is 16.4. The molecule has 1 N–H and O–H groups in total. The van der Waals surface area contributed by atoms with Crippen molar-refractivity contribution in [3.05, 3.63) is 91.2 Å². The van der Waals surface area contributed by atoms with Crippen molar-refractivity contribution in [1.82, 2.24) is 19.4 Å². The van der Waals surface area contributed by atoms with Gasteiger partial charge >= 0.3 is 0 Å². The van der Waals surface area contributed by atoms with Crippen LogP contribution in [-0.2, 0) is 54.5 Å². The quantitative estimate of drug-likeness (QED) is 0.213. The molecule has 0 radical (unpaired) electrons. The first-order chi connectivity index (χ1) is 34.6. The molecular weight excluding hydrogens is 928 g/mol. The number of aromatic nitrogens is 2. The van der Waals surface area contributed by atoms with Gasteiger partial charge in [-0.05, 0) is 99.4 Å². The first kappa shape index (κ1) is 49.4. The minimum Gasteiger partial charge on any atom is -0.476 e. The van der Waals surface area contributed by atoms with Crippen LogP contribution in [-0.4, -0.2) is 143 Å². The van der Waals surface area contributed by atoms with Gasteiger partial charge in [-0.15, -0.1) is 0 Å². The van der Waals surface area contributed by atoms with E-state index in [1.54, 1.807) is 12.1 Å².